The van der Waals surface area contributed by atoms with E-state index < -0.39 is 4.92 Å². The van der Waals surface area contributed by atoms with Gasteiger partial charge in [-0.05, 0) is 24.3 Å². The van der Waals surface area contributed by atoms with Crippen LogP contribution in [-0.2, 0) is 0 Å². The Morgan fingerprint density at radius 3 is 2.60 bits per heavy atom. The summed E-state index contributed by atoms with van der Waals surface area (Å²) in [7, 11) is 1.54. The first-order valence-corrected chi connectivity index (χ1v) is 6.61. The van der Waals surface area contributed by atoms with Gasteiger partial charge in [-0.25, -0.2) is 0 Å². The van der Waals surface area contributed by atoms with Crippen LogP contribution in [0, 0.1) is 10.1 Å². The molecule has 1 aromatic heterocycles. The lowest BCUT2D eigenvalue weighted by atomic mass is 10.1. The second-order valence-electron chi connectivity index (χ2n) is 4.23. The van der Waals surface area contributed by atoms with Gasteiger partial charge in [0.1, 0.15) is 5.75 Å². The number of methoxy groups -OCH3 is 1. The van der Waals surface area contributed by atoms with Crippen LogP contribution in [0.1, 0.15) is 0 Å². The molecule has 20 heavy (non-hydrogen) atoms. The van der Waals surface area contributed by atoms with Crippen LogP contribution in [0.5, 0.6) is 5.75 Å². The molecular weight excluding hydrogens is 278 g/mol. The van der Waals surface area contributed by atoms with Crippen LogP contribution >= 0.6 is 11.3 Å². The van der Waals surface area contributed by atoms with Crippen molar-refractivity contribution in [2.75, 3.05) is 7.11 Å². The molecular formula is C14H9NO4S. The lowest BCUT2D eigenvalue weighted by Crippen LogP contribution is -2.01. The van der Waals surface area contributed by atoms with Gasteiger partial charge in [0.25, 0.3) is 5.69 Å². The highest BCUT2D eigenvalue weighted by atomic mass is 32.1. The normalized spacial score (nSPS) is 10.8. The van der Waals surface area contributed by atoms with Crippen molar-refractivity contribution in [3.05, 3.63) is 56.7 Å². The van der Waals surface area contributed by atoms with Gasteiger partial charge in [-0.2, -0.15) is 0 Å². The van der Waals surface area contributed by atoms with Crippen LogP contribution < -0.4 is 10.2 Å². The molecule has 0 fully saturated rings. The Labute approximate surface area is 117 Å². The zero-order valence-corrected chi connectivity index (χ0v) is 11.3. The fourth-order valence-corrected chi connectivity index (χ4v) is 3.15. The molecule has 0 atom stereocenters. The fourth-order valence-electron chi connectivity index (χ4n) is 2.06. The molecule has 0 aliphatic rings. The summed E-state index contributed by atoms with van der Waals surface area (Å²) >= 11 is 1.36. The summed E-state index contributed by atoms with van der Waals surface area (Å²) in [5.74, 6) is 0.614. The summed E-state index contributed by atoms with van der Waals surface area (Å²) in [4.78, 5) is 22.7. The average Bonchev–Trinajstić information content (AvgIpc) is 2.46. The molecule has 100 valence electrons. The Kier molecular flexibility index (Phi) is 2.87. The number of non-ortho nitro benzene ring substituents is 1. The van der Waals surface area contributed by atoms with Gasteiger partial charge in [0.15, 0.2) is 5.43 Å². The zero-order valence-electron chi connectivity index (χ0n) is 10.5. The molecule has 0 saturated heterocycles. The Balaban J connectivity index is 2.40. The summed E-state index contributed by atoms with van der Waals surface area (Å²) in [6, 6.07) is 9.54. The van der Waals surface area contributed by atoms with E-state index in [0.29, 0.717) is 21.2 Å². The molecule has 3 aromatic rings. The number of rotatable bonds is 2. The molecule has 0 amide bonds. The van der Waals surface area contributed by atoms with E-state index in [1.165, 1.54) is 29.5 Å². The van der Waals surface area contributed by atoms with Crippen molar-refractivity contribution in [1.82, 2.24) is 0 Å². The maximum absolute atomic E-state index is 12.4. The first kappa shape index (κ1) is 12.6. The van der Waals surface area contributed by atoms with Crippen LogP contribution in [0.4, 0.5) is 5.69 Å². The van der Waals surface area contributed by atoms with Gasteiger partial charge in [-0.15, -0.1) is 11.3 Å². The van der Waals surface area contributed by atoms with Gasteiger partial charge in [-0.1, -0.05) is 0 Å². The van der Waals surface area contributed by atoms with Gasteiger partial charge in [0, 0.05) is 32.3 Å². The Bertz CT molecular complexity index is 901. The number of nitro benzene ring substituents is 1. The monoisotopic (exact) mass is 287 g/mol. The highest BCUT2D eigenvalue weighted by molar-refractivity contribution is 7.24. The van der Waals surface area contributed by atoms with Crippen molar-refractivity contribution in [3.8, 4) is 5.75 Å². The lowest BCUT2D eigenvalue weighted by Gasteiger charge is -2.03. The maximum Gasteiger partial charge on any atom is 0.270 e. The second-order valence-corrected chi connectivity index (χ2v) is 5.31. The van der Waals surface area contributed by atoms with E-state index in [1.807, 2.05) is 0 Å². The van der Waals surface area contributed by atoms with Gasteiger partial charge >= 0.3 is 0 Å². The molecule has 0 bridgehead atoms. The zero-order chi connectivity index (χ0) is 14.3. The van der Waals surface area contributed by atoms with Gasteiger partial charge in [-0.3, -0.25) is 14.9 Å². The van der Waals surface area contributed by atoms with Crippen molar-refractivity contribution in [1.29, 1.82) is 0 Å². The van der Waals surface area contributed by atoms with E-state index >= 15 is 0 Å². The van der Waals surface area contributed by atoms with Gasteiger partial charge in [0.2, 0.25) is 0 Å². The van der Waals surface area contributed by atoms with Crippen LogP contribution in [0.2, 0.25) is 0 Å². The second kappa shape index (κ2) is 4.57. The lowest BCUT2D eigenvalue weighted by molar-refractivity contribution is -0.384. The minimum Gasteiger partial charge on any atom is -0.497 e. The fraction of sp³-hybridized carbons (Fsp3) is 0.0714. The van der Waals surface area contributed by atoms with Crippen LogP contribution in [0.25, 0.3) is 20.2 Å². The van der Waals surface area contributed by atoms with Gasteiger partial charge < -0.3 is 4.74 Å². The Hall–Kier alpha value is -2.47. The molecule has 0 aliphatic carbocycles. The number of benzene rings is 2. The Morgan fingerprint density at radius 1 is 1.10 bits per heavy atom. The Morgan fingerprint density at radius 2 is 1.90 bits per heavy atom. The largest absolute Gasteiger partial charge is 0.497 e. The highest BCUT2D eigenvalue weighted by Crippen LogP contribution is 2.29. The molecule has 0 N–H and O–H groups in total. The van der Waals surface area contributed by atoms with E-state index in [2.05, 4.69) is 0 Å². The quantitative estimate of drug-likeness (QED) is 0.412. The summed E-state index contributed by atoms with van der Waals surface area (Å²) in [5, 5.41) is 11.8. The number of nitro groups is 1. The number of ether oxygens (including phenoxy) is 1. The number of hydrogen-bond donors (Lipinski definition) is 0. The predicted molar refractivity (Wildman–Crippen MR) is 78.8 cm³/mol. The van der Waals surface area contributed by atoms with E-state index in [0.717, 1.165) is 4.70 Å². The van der Waals surface area contributed by atoms with E-state index in [1.54, 1.807) is 25.3 Å². The minimum atomic E-state index is -0.463. The highest BCUT2D eigenvalue weighted by Gasteiger charge is 2.11. The minimum absolute atomic E-state index is 0.0130. The van der Waals surface area contributed by atoms with Gasteiger partial charge in [0.05, 0.1) is 12.0 Å². The van der Waals surface area contributed by atoms with Crippen molar-refractivity contribution in [2.24, 2.45) is 0 Å². The molecule has 0 spiro atoms. The third kappa shape index (κ3) is 1.90. The summed E-state index contributed by atoms with van der Waals surface area (Å²) in [6.07, 6.45) is 0. The van der Waals surface area contributed by atoms with E-state index in [-0.39, 0.29) is 11.1 Å². The third-order valence-corrected chi connectivity index (χ3v) is 4.21. The van der Waals surface area contributed by atoms with E-state index in [4.69, 9.17) is 4.74 Å². The third-order valence-electron chi connectivity index (χ3n) is 3.07. The molecule has 6 heteroatoms. The number of hydrogen-bond acceptors (Lipinski definition) is 5. The van der Waals surface area contributed by atoms with Crippen molar-refractivity contribution < 1.29 is 9.66 Å². The SMILES string of the molecule is COc1ccc2sc3cc([N+](=O)[O-])ccc3c(=O)c2c1. The van der Waals surface area contributed by atoms with Crippen molar-refractivity contribution >= 4 is 37.2 Å². The molecule has 0 unspecified atom stereocenters. The number of nitrogens with zero attached hydrogens (tertiary/aromatic N) is 1. The van der Waals surface area contributed by atoms with E-state index in [9.17, 15) is 14.9 Å². The molecule has 2 aromatic carbocycles. The topological polar surface area (TPSA) is 69.4 Å². The summed E-state index contributed by atoms with van der Waals surface area (Å²) in [5.41, 5.74) is -0.149. The standard InChI is InChI=1S/C14H9NO4S/c1-19-9-3-5-12-11(7-9)14(16)10-4-2-8(15(17)18)6-13(10)20-12/h2-7H,1H3. The van der Waals surface area contributed by atoms with Crippen molar-refractivity contribution in [2.45, 2.75) is 0 Å². The smallest absolute Gasteiger partial charge is 0.270 e. The molecule has 0 radical (unpaired) electrons. The van der Waals surface area contributed by atoms with Crippen LogP contribution in [0.15, 0.2) is 41.2 Å². The average molecular weight is 287 g/mol. The van der Waals surface area contributed by atoms with Crippen LogP contribution in [0.3, 0.4) is 0 Å². The number of fused-ring (bicyclic) bond motifs is 2. The molecule has 5 nitrogen and oxygen atoms in total. The summed E-state index contributed by atoms with van der Waals surface area (Å²) in [6.45, 7) is 0. The molecule has 0 saturated carbocycles. The van der Waals surface area contributed by atoms with Crippen molar-refractivity contribution in [3.63, 3.8) is 0 Å². The summed E-state index contributed by atoms with van der Waals surface area (Å²) < 4.78 is 6.51. The molecule has 1 heterocycles. The molecule has 0 aliphatic heterocycles. The predicted octanol–water partition coefficient (Wildman–Crippen LogP) is 3.33. The van der Waals surface area contributed by atoms with Crippen LogP contribution in [-0.4, -0.2) is 12.0 Å². The first-order valence-electron chi connectivity index (χ1n) is 5.79. The first-order chi connectivity index (χ1) is 9.60. The molecule has 3 rings (SSSR count). The maximum atomic E-state index is 12.4.